The maximum Gasteiger partial charge on any atom is 0.183 e. The van der Waals surface area contributed by atoms with Gasteiger partial charge in [0.2, 0.25) is 0 Å². The fraction of sp³-hybridized carbons (Fsp3) is 1.00. The number of ether oxygens (including phenoxy) is 8. The molecule has 0 atom stereocenters. The minimum absolute atomic E-state index is 0.861. The van der Waals surface area contributed by atoms with Crippen LogP contribution in [0.5, 0.6) is 0 Å². The Labute approximate surface area is 635 Å². The van der Waals surface area contributed by atoms with Crippen LogP contribution in [0.15, 0.2) is 0 Å². The number of halogens is 4. The van der Waals surface area contributed by atoms with Gasteiger partial charge in [0.05, 0.1) is 157 Å². The largest absolute Gasteiger partial charge is 0.867 e. The molecular weight excluding hydrogens is 1350 g/mol. The summed E-state index contributed by atoms with van der Waals surface area (Å²) in [6, 6.07) is 0. The normalized spacial score (nSPS) is 20.0. The third kappa shape index (κ3) is 55.4. The molecular formula is C72H160B4F4N8O16. The van der Waals surface area contributed by atoms with Crippen LogP contribution in [0, 0.1) is 0 Å². The van der Waals surface area contributed by atoms with Gasteiger partial charge in [-0.05, 0) is 111 Å². The molecule has 624 valence electrons. The van der Waals surface area contributed by atoms with E-state index in [2.05, 4.69) is 111 Å². The quantitative estimate of drug-likeness (QED) is 0.0530. The van der Waals surface area contributed by atoms with E-state index in [0.717, 1.165) is 107 Å². The summed E-state index contributed by atoms with van der Waals surface area (Å²) in [5.74, 6) is 0. The molecule has 0 aromatic heterocycles. The van der Waals surface area contributed by atoms with Crippen molar-refractivity contribution < 1.29 is 131 Å². The van der Waals surface area contributed by atoms with Gasteiger partial charge in [-0.1, -0.05) is 0 Å². The summed E-state index contributed by atoms with van der Waals surface area (Å²) in [6.45, 7) is 80.3. The minimum atomic E-state index is -3.17. The Hall–Kier alpha value is -0.980. The van der Waals surface area contributed by atoms with Gasteiger partial charge in [-0.25, -0.2) is 0 Å². The van der Waals surface area contributed by atoms with Crippen LogP contribution < -0.4 is 40.2 Å². The van der Waals surface area contributed by atoms with Crippen LogP contribution in [-0.2, 0) is 37.9 Å². The van der Waals surface area contributed by atoms with E-state index in [0.29, 0.717) is 0 Å². The highest BCUT2D eigenvalue weighted by atomic mass is 19.1. The lowest BCUT2D eigenvalue weighted by Gasteiger charge is -2.32. The molecule has 8 heterocycles. The van der Waals surface area contributed by atoms with Crippen LogP contribution in [-0.4, -0.2) is 329 Å². The summed E-state index contributed by atoms with van der Waals surface area (Å²) in [5, 5.41) is 66.4. The van der Waals surface area contributed by atoms with Gasteiger partial charge in [0.1, 0.15) is 29.6 Å². The Morgan fingerprint density at radius 3 is 0.298 bits per heavy atom. The molecule has 0 radical (unpaired) electrons. The topological polar surface area (TPSA) is 258 Å². The van der Waals surface area contributed by atoms with Crippen molar-refractivity contribution in [2.24, 2.45) is 0 Å². The van der Waals surface area contributed by atoms with Crippen molar-refractivity contribution in [2.75, 3.05) is 264 Å². The minimum Gasteiger partial charge on any atom is -0.867 e. The Bertz CT molecular complexity index is 1430. The molecule has 8 saturated heterocycles. The first-order valence-corrected chi connectivity index (χ1v) is 40.8. The predicted molar refractivity (Wildman–Crippen MR) is 398 cm³/mol. The molecule has 0 N–H and O–H groups in total. The molecule has 0 aliphatic carbocycles. The van der Waals surface area contributed by atoms with E-state index in [1.54, 1.807) is 0 Å². The Morgan fingerprint density at radius 2 is 0.250 bits per heavy atom. The van der Waals surface area contributed by atoms with Crippen molar-refractivity contribution in [3.8, 4) is 0 Å². The van der Waals surface area contributed by atoms with Crippen LogP contribution in [0.25, 0.3) is 0 Å². The second kappa shape index (κ2) is 68.8. The molecule has 24 nitrogen and oxygen atoms in total. The van der Waals surface area contributed by atoms with Crippen molar-refractivity contribution >= 4 is 29.6 Å². The molecule has 0 spiro atoms. The number of hydrogen-bond acceptors (Lipinski definition) is 16. The van der Waals surface area contributed by atoms with E-state index >= 15 is 0 Å². The highest BCUT2D eigenvalue weighted by molar-refractivity contribution is 6.27. The average molecular weight is 1510 g/mol. The van der Waals surface area contributed by atoms with Gasteiger partial charge in [0.15, 0.2) is 53.8 Å². The van der Waals surface area contributed by atoms with Crippen molar-refractivity contribution in [1.29, 1.82) is 0 Å². The zero-order valence-corrected chi connectivity index (χ0v) is 69.5. The molecule has 0 amide bonds. The van der Waals surface area contributed by atoms with Crippen LogP contribution in [0.1, 0.15) is 214 Å². The van der Waals surface area contributed by atoms with E-state index in [1.165, 1.54) is 296 Å². The average Bonchev–Trinajstić information content (AvgIpc) is 1.81. The Morgan fingerprint density at radius 1 is 0.183 bits per heavy atom. The first kappa shape index (κ1) is 109. The van der Waals surface area contributed by atoms with Crippen molar-refractivity contribution in [3.63, 3.8) is 0 Å². The molecule has 8 aliphatic rings. The predicted octanol–water partition coefficient (Wildman–Crippen LogP) is 3.53. The summed E-state index contributed by atoms with van der Waals surface area (Å²) in [5.41, 5.74) is 0. The standard InChI is InChI=1S/8C9H20NO.4BFO2/c8*1-3-10(9-11-4-2)7-5-6-8-10;4*2-1(3)4/h8*3-9H2,1-2H3;;;;/q8*+1;4*-2. The van der Waals surface area contributed by atoms with E-state index in [-0.39, 0.29) is 0 Å². The lowest BCUT2D eigenvalue weighted by atomic mass is 10.3. The first-order chi connectivity index (χ1) is 49.6. The van der Waals surface area contributed by atoms with Gasteiger partial charge in [-0.3, -0.25) is 0 Å². The summed E-state index contributed by atoms with van der Waals surface area (Å²) in [4.78, 5) is 0. The molecule has 32 heteroatoms. The monoisotopic (exact) mass is 1510 g/mol. The van der Waals surface area contributed by atoms with E-state index in [1.807, 2.05) is 0 Å². The Kier molecular flexibility index (Phi) is 72.3. The number of hydrogen-bond donors (Lipinski definition) is 0. The van der Waals surface area contributed by atoms with Crippen molar-refractivity contribution in [2.45, 2.75) is 214 Å². The van der Waals surface area contributed by atoms with Crippen LogP contribution in [0.4, 0.5) is 17.3 Å². The summed E-state index contributed by atoms with van der Waals surface area (Å²) in [7, 11) is -12.7. The van der Waals surface area contributed by atoms with Crippen LogP contribution in [0.2, 0.25) is 0 Å². The molecule has 8 aliphatic heterocycles. The third-order valence-corrected chi connectivity index (χ3v) is 22.0. The maximum absolute atomic E-state index is 9.89. The van der Waals surface area contributed by atoms with Gasteiger partial charge < -0.3 is 131 Å². The number of likely N-dealkylation sites (tertiary alicyclic amines) is 8. The summed E-state index contributed by atoms with van der Waals surface area (Å²) >= 11 is 0. The van der Waals surface area contributed by atoms with Crippen LogP contribution in [0.3, 0.4) is 0 Å². The molecule has 104 heavy (non-hydrogen) atoms. The van der Waals surface area contributed by atoms with E-state index < -0.39 is 29.6 Å². The van der Waals surface area contributed by atoms with Crippen molar-refractivity contribution in [1.82, 2.24) is 0 Å². The first-order valence-electron chi connectivity index (χ1n) is 40.8. The zero-order chi connectivity index (χ0) is 79.6. The third-order valence-electron chi connectivity index (χ3n) is 22.0. The second-order valence-corrected chi connectivity index (χ2v) is 28.6. The SMILES string of the molecule is CCOC[N+]1(CC)CCCC1.CCOC[N+]1(CC)CCCC1.CCOC[N+]1(CC)CCCC1.CCOC[N+]1(CC)CCCC1.CCOC[N+]1(CC)CCCC1.CCOC[N+]1(CC)CCCC1.CCOC[N+]1(CC)CCCC1.CCOC[N+]1(CC)CCCC1.[O-]B([O-])F.[O-]B([O-])F.[O-]B([O-])F.[O-]B([O-])F. The molecule has 0 bridgehead atoms. The van der Waals surface area contributed by atoms with Gasteiger partial charge in [-0.15, -0.1) is 0 Å². The molecule has 8 rings (SSSR count). The molecule has 0 unspecified atom stereocenters. The van der Waals surface area contributed by atoms with E-state index in [9.17, 15) is 17.3 Å². The smallest absolute Gasteiger partial charge is 0.183 e. The fourth-order valence-corrected chi connectivity index (χ4v) is 14.6. The summed E-state index contributed by atoms with van der Waals surface area (Å²) < 4.78 is 93.0. The number of rotatable bonds is 32. The number of nitrogens with zero attached hydrogens (tertiary/aromatic N) is 8. The molecule has 0 saturated carbocycles. The Balaban J connectivity index is -0.000000533. The van der Waals surface area contributed by atoms with Gasteiger partial charge >= 0.3 is 0 Å². The molecule has 0 aromatic rings. The number of quaternary nitrogens is 8. The highest BCUT2D eigenvalue weighted by Gasteiger charge is 2.35. The molecule has 8 fully saturated rings. The molecule has 0 aromatic carbocycles. The van der Waals surface area contributed by atoms with Crippen molar-refractivity contribution in [3.05, 3.63) is 0 Å². The maximum atomic E-state index is 9.89. The second-order valence-electron chi connectivity index (χ2n) is 28.6. The van der Waals surface area contributed by atoms with Gasteiger partial charge in [-0.2, -0.15) is 0 Å². The van der Waals surface area contributed by atoms with Gasteiger partial charge in [0, 0.05) is 156 Å². The fourth-order valence-electron chi connectivity index (χ4n) is 14.6. The van der Waals surface area contributed by atoms with Gasteiger partial charge in [0.25, 0.3) is 0 Å². The zero-order valence-electron chi connectivity index (χ0n) is 69.5. The van der Waals surface area contributed by atoms with E-state index in [4.69, 9.17) is 78.1 Å². The van der Waals surface area contributed by atoms with Crippen LogP contribution >= 0.6 is 0 Å². The highest BCUT2D eigenvalue weighted by Crippen LogP contribution is 2.24. The summed E-state index contributed by atoms with van der Waals surface area (Å²) in [6.07, 6.45) is 22.2. The lowest BCUT2D eigenvalue weighted by molar-refractivity contribution is -0.933. The lowest BCUT2D eigenvalue weighted by Crippen LogP contribution is -2.46.